The van der Waals surface area contributed by atoms with Crippen molar-refractivity contribution in [2.24, 2.45) is 0 Å². The summed E-state index contributed by atoms with van der Waals surface area (Å²) in [5.74, 6) is 0. The molecule has 0 saturated carbocycles. The fourth-order valence-electron chi connectivity index (χ4n) is 1.32. The minimum absolute atomic E-state index is 1.30. The average Bonchev–Trinajstić information content (AvgIpc) is 2.42. The first kappa shape index (κ1) is 10.8. The third-order valence-corrected chi connectivity index (χ3v) is 2.93. The first-order valence-electron chi connectivity index (χ1n) is 5.15. The highest BCUT2D eigenvalue weighted by Crippen LogP contribution is 2.23. The van der Waals surface area contributed by atoms with Gasteiger partial charge in [-0.25, -0.2) is 0 Å². The van der Waals surface area contributed by atoms with Crippen molar-refractivity contribution in [1.29, 1.82) is 0 Å². The quantitative estimate of drug-likeness (QED) is 0.684. The zero-order chi connectivity index (χ0) is 11.1. The highest BCUT2D eigenvalue weighted by molar-refractivity contribution is 7.97. The lowest BCUT2D eigenvalue weighted by molar-refractivity contribution is 1.32. The molecule has 3 rings (SSSR count). The topological polar surface area (TPSA) is 12.0 Å². The molecule has 1 aliphatic rings. The Morgan fingerprint density at radius 1 is 0.750 bits per heavy atom. The summed E-state index contributed by atoms with van der Waals surface area (Å²) < 4.78 is 3.08. The summed E-state index contributed by atoms with van der Waals surface area (Å²) in [6.07, 6.45) is 4.03. The summed E-state index contributed by atoms with van der Waals surface area (Å²) in [5.41, 5.74) is 1.30. The molecule has 2 aromatic rings. The lowest BCUT2D eigenvalue weighted by atomic mass is 10.2. The molecule has 1 N–H and O–H groups in total. The molecule has 0 fully saturated rings. The number of benzene rings is 2. The van der Waals surface area contributed by atoms with Crippen LogP contribution < -0.4 is 4.72 Å². The third kappa shape index (κ3) is 3.17. The molecule has 0 bridgehead atoms. The standard InChI is InChI=1S/C8H7NS.C6H6/c1-2-4-8-7(3-1)5-6-9-10-8;1-2-4-6-5-3-1/h1-6,9H;1-6H. The summed E-state index contributed by atoms with van der Waals surface area (Å²) in [4.78, 5) is 1.30. The molecule has 2 aromatic carbocycles. The summed E-state index contributed by atoms with van der Waals surface area (Å²) >= 11 is 1.65. The Balaban J connectivity index is 0.000000138. The molecule has 0 spiro atoms. The van der Waals surface area contributed by atoms with Crippen molar-refractivity contribution in [3.8, 4) is 0 Å². The molecule has 1 heterocycles. The zero-order valence-corrected chi connectivity index (χ0v) is 9.65. The third-order valence-electron chi connectivity index (χ3n) is 2.09. The van der Waals surface area contributed by atoms with Gasteiger partial charge in [0.15, 0.2) is 0 Å². The van der Waals surface area contributed by atoms with E-state index in [2.05, 4.69) is 29.0 Å². The number of rotatable bonds is 0. The van der Waals surface area contributed by atoms with Gasteiger partial charge in [0.05, 0.1) is 0 Å². The first-order chi connectivity index (χ1) is 7.97. The van der Waals surface area contributed by atoms with Gasteiger partial charge in [-0.2, -0.15) is 0 Å². The number of hydrogen-bond donors (Lipinski definition) is 1. The number of fused-ring (bicyclic) bond motifs is 1. The van der Waals surface area contributed by atoms with Crippen LogP contribution in [0.3, 0.4) is 0 Å². The molecule has 0 unspecified atom stereocenters. The van der Waals surface area contributed by atoms with E-state index in [0.29, 0.717) is 0 Å². The number of nitrogens with one attached hydrogen (secondary N) is 1. The van der Waals surface area contributed by atoms with Crippen molar-refractivity contribution >= 4 is 18.0 Å². The van der Waals surface area contributed by atoms with Gasteiger partial charge in [-0.15, -0.1) is 0 Å². The normalized spacial score (nSPS) is 11.8. The van der Waals surface area contributed by atoms with Crippen LogP contribution in [0.15, 0.2) is 71.8 Å². The molecule has 0 aromatic heterocycles. The van der Waals surface area contributed by atoms with Crippen LogP contribution in [0.5, 0.6) is 0 Å². The first-order valence-corrected chi connectivity index (χ1v) is 5.96. The van der Waals surface area contributed by atoms with Crippen LogP contribution >= 0.6 is 11.9 Å². The monoisotopic (exact) mass is 227 g/mol. The summed E-state index contributed by atoms with van der Waals surface area (Å²) in [6.45, 7) is 0. The van der Waals surface area contributed by atoms with Gasteiger partial charge < -0.3 is 4.72 Å². The summed E-state index contributed by atoms with van der Waals surface area (Å²) in [6, 6.07) is 20.3. The largest absolute Gasteiger partial charge is 0.332 e. The summed E-state index contributed by atoms with van der Waals surface area (Å²) in [7, 11) is 0. The van der Waals surface area contributed by atoms with E-state index in [4.69, 9.17) is 0 Å². The molecule has 0 amide bonds. The van der Waals surface area contributed by atoms with E-state index >= 15 is 0 Å². The predicted octanol–water partition coefficient (Wildman–Crippen LogP) is 3.95. The van der Waals surface area contributed by atoms with Crippen molar-refractivity contribution in [2.45, 2.75) is 4.90 Å². The molecule has 0 radical (unpaired) electrons. The minimum Gasteiger partial charge on any atom is -0.332 e. The zero-order valence-electron chi connectivity index (χ0n) is 8.84. The van der Waals surface area contributed by atoms with Gasteiger partial charge in [-0.3, -0.25) is 0 Å². The lowest BCUT2D eigenvalue weighted by Gasteiger charge is -2.08. The Bertz CT molecular complexity index is 425. The van der Waals surface area contributed by atoms with E-state index in [9.17, 15) is 0 Å². The average molecular weight is 227 g/mol. The van der Waals surface area contributed by atoms with Crippen LogP contribution in [0.2, 0.25) is 0 Å². The Labute approximate surface area is 100 Å². The van der Waals surface area contributed by atoms with Crippen LogP contribution in [-0.4, -0.2) is 0 Å². The van der Waals surface area contributed by atoms with Gasteiger partial charge in [-0.05, 0) is 29.7 Å². The van der Waals surface area contributed by atoms with Gasteiger partial charge in [0.1, 0.15) is 0 Å². The van der Waals surface area contributed by atoms with Crippen LogP contribution in [-0.2, 0) is 0 Å². The molecule has 0 saturated heterocycles. The van der Waals surface area contributed by atoms with E-state index in [-0.39, 0.29) is 0 Å². The Kier molecular flexibility index (Phi) is 4.08. The van der Waals surface area contributed by atoms with Gasteiger partial charge in [0.25, 0.3) is 0 Å². The van der Waals surface area contributed by atoms with E-state index in [1.165, 1.54) is 10.5 Å². The van der Waals surface area contributed by atoms with E-state index in [0.717, 1.165) is 0 Å². The second-order valence-corrected chi connectivity index (χ2v) is 4.13. The van der Waals surface area contributed by atoms with Gasteiger partial charge in [0, 0.05) is 11.1 Å². The maximum Gasteiger partial charge on any atom is 0.0357 e. The Morgan fingerprint density at radius 3 is 2.00 bits per heavy atom. The van der Waals surface area contributed by atoms with Crippen LogP contribution in [0.25, 0.3) is 6.08 Å². The molecule has 0 atom stereocenters. The highest BCUT2D eigenvalue weighted by Gasteiger charge is 2.00. The molecule has 80 valence electrons. The minimum atomic E-state index is 1.30. The van der Waals surface area contributed by atoms with Crippen molar-refractivity contribution in [1.82, 2.24) is 4.72 Å². The second-order valence-electron chi connectivity index (χ2n) is 3.25. The van der Waals surface area contributed by atoms with E-state index in [1.807, 2.05) is 48.7 Å². The molecular weight excluding hydrogens is 214 g/mol. The van der Waals surface area contributed by atoms with Gasteiger partial charge >= 0.3 is 0 Å². The Hall–Kier alpha value is -1.67. The van der Waals surface area contributed by atoms with Crippen LogP contribution in [0.1, 0.15) is 5.56 Å². The smallest absolute Gasteiger partial charge is 0.0357 e. The van der Waals surface area contributed by atoms with Gasteiger partial charge in [0.2, 0.25) is 0 Å². The summed E-state index contributed by atoms with van der Waals surface area (Å²) in [5, 5.41) is 0. The molecule has 0 aliphatic carbocycles. The van der Waals surface area contributed by atoms with Crippen molar-refractivity contribution in [3.63, 3.8) is 0 Å². The SMILES string of the molecule is C1=Cc2ccccc2SN1.c1ccccc1. The van der Waals surface area contributed by atoms with Crippen molar-refractivity contribution < 1.29 is 0 Å². The second kappa shape index (κ2) is 6.03. The molecule has 16 heavy (non-hydrogen) atoms. The fourth-order valence-corrected chi connectivity index (χ4v) is 1.98. The van der Waals surface area contributed by atoms with Crippen molar-refractivity contribution in [2.75, 3.05) is 0 Å². The molecule has 1 nitrogen and oxygen atoms in total. The molecular formula is C14H13NS. The number of hydrogen-bond acceptors (Lipinski definition) is 2. The maximum atomic E-state index is 3.08. The fraction of sp³-hybridized carbons (Fsp3) is 0. The van der Waals surface area contributed by atoms with E-state index < -0.39 is 0 Å². The molecule has 2 heteroatoms. The van der Waals surface area contributed by atoms with Crippen LogP contribution in [0, 0.1) is 0 Å². The molecule has 1 aliphatic heterocycles. The lowest BCUT2D eigenvalue weighted by Crippen LogP contribution is -1.96. The maximum absolute atomic E-state index is 3.08. The highest BCUT2D eigenvalue weighted by atomic mass is 32.2. The van der Waals surface area contributed by atoms with Crippen molar-refractivity contribution in [3.05, 3.63) is 72.4 Å². The van der Waals surface area contributed by atoms with Gasteiger partial charge in [-0.1, -0.05) is 54.6 Å². The Morgan fingerprint density at radius 2 is 1.38 bits per heavy atom. The predicted molar refractivity (Wildman–Crippen MR) is 70.9 cm³/mol. The van der Waals surface area contributed by atoms with Crippen LogP contribution in [0.4, 0.5) is 0 Å². The van der Waals surface area contributed by atoms with E-state index in [1.54, 1.807) is 11.9 Å².